The number of aryl methyl sites for hydroxylation is 1. The van der Waals surface area contributed by atoms with Crippen LogP contribution in [0.25, 0.3) is 22.2 Å². The quantitative estimate of drug-likeness (QED) is 0.465. The number of aromatic nitrogens is 3. The van der Waals surface area contributed by atoms with Crippen molar-refractivity contribution in [3.05, 3.63) is 70.3 Å². The van der Waals surface area contributed by atoms with Crippen LogP contribution in [0.4, 0.5) is 13.9 Å². The molecule has 7 nitrogen and oxygen atoms in total. The molecule has 0 spiro atoms. The molecule has 0 radical (unpaired) electrons. The van der Waals surface area contributed by atoms with E-state index >= 15 is 0 Å². The van der Waals surface area contributed by atoms with Gasteiger partial charge in [0, 0.05) is 22.8 Å². The zero-order valence-electron chi connectivity index (χ0n) is 16.0. The Morgan fingerprint density at radius 3 is 2.77 bits per heavy atom. The van der Waals surface area contributed by atoms with Crippen molar-refractivity contribution in [3.63, 3.8) is 0 Å². The van der Waals surface area contributed by atoms with Crippen LogP contribution in [0.5, 0.6) is 5.75 Å². The summed E-state index contributed by atoms with van der Waals surface area (Å²) in [5.41, 5.74) is 1.30. The molecule has 0 atom stereocenters. The lowest BCUT2D eigenvalue weighted by Gasteiger charge is -2.09. The summed E-state index contributed by atoms with van der Waals surface area (Å²) in [6.07, 6.45) is 1.34. The molecule has 2 aromatic carbocycles. The third kappa shape index (κ3) is 4.75. The van der Waals surface area contributed by atoms with E-state index in [4.69, 9.17) is 0 Å². The highest BCUT2D eigenvalue weighted by atomic mass is 32.1. The Morgan fingerprint density at radius 1 is 1.16 bits per heavy atom. The second-order valence-corrected chi connectivity index (χ2v) is 7.32. The van der Waals surface area contributed by atoms with Gasteiger partial charge in [0.2, 0.25) is 11.3 Å². The largest absolute Gasteiger partial charge is 0.434 e. The van der Waals surface area contributed by atoms with Crippen LogP contribution in [0.15, 0.2) is 64.9 Å². The van der Waals surface area contributed by atoms with E-state index in [9.17, 15) is 18.4 Å². The lowest BCUT2D eigenvalue weighted by molar-refractivity contribution is -0.116. The fourth-order valence-electron chi connectivity index (χ4n) is 3.06. The zero-order valence-corrected chi connectivity index (χ0v) is 16.8. The number of amides is 1. The molecule has 0 bridgehead atoms. The van der Waals surface area contributed by atoms with Crippen molar-refractivity contribution in [2.75, 3.05) is 5.32 Å². The minimum Gasteiger partial charge on any atom is -0.434 e. The summed E-state index contributed by atoms with van der Waals surface area (Å²) in [4.78, 5) is 28.6. The molecule has 0 aliphatic heterocycles. The van der Waals surface area contributed by atoms with E-state index in [2.05, 4.69) is 20.1 Å². The summed E-state index contributed by atoms with van der Waals surface area (Å²) in [6, 6.07) is 13.4. The van der Waals surface area contributed by atoms with Crippen molar-refractivity contribution in [2.45, 2.75) is 19.6 Å². The molecule has 10 heteroatoms. The van der Waals surface area contributed by atoms with Crippen LogP contribution < -0.4 is 15.5 Å². The van der Waals surface area contributed by atoms with Crippen molar-refractivity contribution in [1.29, 1.82) is 0 Å². The van der Waals surface area contributed by atoms with E-state index < -0.39 is 6.61 Å². The van der Waals surface area contributed by atoms with Gasteiger partial charge in [0.15, 0.2) is 5.13 Å². The predicted molar refractivity (Wildman–Crippen MR) is 113 cm³/mol. The van der Waals surface area contributed by atoms with Crippen LogP contribution in [0.2, 0.25) is 0 Å². The number of alkyl halides is 2. The highest BCUT2D eigenvalue weighted by molar-refractivity contribution is 7.14. The first-order valence-electron chi connectivity index (χ1n) is 9.26. The number of hydrogen-bond donors (Lipinski definition) is 1. The molecule has 158 valence electrons. The molecule has 4 aromatic rings. The summed E-state index contributed by atoms with van der Waals surface area (Å²) in [6.45, 7) is -2.67. The number of carbonyl (C=O) groups is 1. The van der Waals surface area contributed by atoms with E-state index in [1.807, 2.05) is 0 Å². The first-order chi connectivity index (χ1) is 15.0. The van der Waals surface area contributed by atoms with E-state index in [1.54, 1.807) is 52.5 Å². The van der Waals surface area contributed by atoms with E-state index in [-0.39, 0.29) is 30.1 Å². The van der Waals surface area contributed by atoms with Gasteiger partial charge in [-0.3, -0.25) is 14.3 Å². The molecule has 2 heterocycles. The molecule has 0 aliphatic carbocycles. The summed E-state index contributed by atoms with van der Waals surface area (Å²) in [7, 11) is 0. The Bertz CT molecular complexity index is 1290. The molecule has 1 N–H and O–H groups in total. The maximum absolute atomic E-state index is 12.6. The fraction of sp³-hybridized carbons (Fsp3) is 0.143. The molecule has 1 amide bonds. The Morgan fingerprint density at radius 2 is 1.94 bits per heavy atom. The van der Waals surface area contributed by atoms with Crippen molar-refractivity contribution in [2.24, 2.45) is 0 Å². The maximum Gasteiger partial charge on any atom is 0.387 e. The van der Waals surface area contributed by atoms with E-state index in [1.165, 1.54) is 23.6 Å². The van der Waals surface area contributed by atoms with Crippen LogP contribution >= 0.6 is 11.3 Å². The van der Waals surface area contributed by atoms with Gasteiger partial charge in [0.25, 0.3) is 0 Å². The SMILES string of the molecule is O=C(CCn1ncc(=O)c2ccccc21)Nc1nc(-c2ccccc2OC(F)F)cs1. The van der Waals surface area contributed by atoms with Gasteiger partial charge in [-0.15, -0.1) is 11.3 Å². The molecule has 0 unspecified atom stereocenters. The number of fused-ring (bicyclic) bond motifs is 1. The third-order valence-corrected chi connectivity index (χ3v) is 5.20. The van der Waals surface area contributed by atoms with Crippen molar-refractivity contribution in [3.8, 4) is 17.0 Å². The van der Waals surface area contributed by atoms with Crippen LogP contribution in [0.1, 0.15) is 6.42 Å². The van der Waals surface area contributed by atoms with Gasteiger partial charge in [-0.05, 0) is 24.3 Å². The molecule has 0 aliphatic rings. The minimum absolute atomic E-state index is 0.0110. The van der Waals surface area contributed by atoms with Crippen molar-refractivity contribution < 1.29 is 18.3 Å². The normalized spacial score (nSPS) is 11.1. The Balaban J connectivity index is 1.44. The highest BCUT2D eigenvalue weighted by Crippen LogP contribution is 2.33. The number of nitrogens with zero attached hydrogens (tertiary/aromatic N) is 3. The molecule has 0 fully saturated rings. The summed E-state index contributed by atoms with van der Waals surface area (Å²) >= 11 is 1.18. The summed E-state index contributed by atoms with van der Waals surface area (Å²) < 4.78 is 31.4. The monoisotopic (exact) mass is 442 g/mol. The lowest BCUT2D eigenvalue weighted by atomic mass is 10.1. The van der Waals surface area contributed by atoms with Crippen LogP contribution in [0, 0.1) is 0 Å². The van der Waals surface area contributed by atoms with Gasteiger partial charge in [0.1, 0.15) is 5.75 Å². The number of halogens is 2. The number of rotatable bonds is 7. The number of anilines is 1. The second kappa shape index (κ2) is 9.00. The fourth-order valence-corrected chi connectivity index (χ4v) is 3.79. The van der Waals surface area contributed by atoms with E-state index in [0.717, 1.165) is 0 Å². The topological polar surface area (TPSA) is 86.1 Å². The number of para-hydroxylation sites is 2. The maximum atomic E-state index is 12.6. The molecule has 2 aromatic heterocycles. The average molecular weight is 442 g/mol. The molecule has 4 rings (SSSR count). The lowest BCUT2D eigenvalue weighted by Crippen LogP contribution is -2.17. The zero-order chi connectivity index (χ0) is 21.8. The second-order valence-electron chi connectivity index (χ2n) is 6.46. The van der Waals surface area contributed by atoms with Gasteiger partial charge < -0.3 is 10.1 Å². The summed E-state index contributed by atoms with van der Waals surface area (Å²) in [5.74, 6) is -0.278. The van der Waals surface area contributed by atoms with Gasteiger partial charge >= 0.3 is 6.61 Å². The molecule has 0 saturated heterocycles. The smallest absolute Gasteiger partial charge is 0.387 e. The third-order valence-electron chi connectivity index (χ3n) is 4.44. The van der Waals surface area contributed by atoms with Crippen molar-refractivity contribution >= 4 is 33.3 Å². The Labute approximate surface area is 178 Å². The standard InChI is InChI=1S/C21H16F2N4O3S/c22-20(23)30-18-8-4-2-5-13(18)15-12-31-21(25-15)26-19(29)9-10-27-16-7-3-1-6-14(16)17(28)11-24-27/h1-8,11-12,20H,9-10H2,(H,25,26,29). The minimum atomic E-state index is -2.95. The molecule has 0 saturated carbocycles. The van der Waals surface area contributed by atoms with Crippen LogP contribution in [-0.2, 0) is 11.3 Å². The van der Waals surface area contributed by atoms with E-state index in [0.29, 0.717) is 27.3 Å². The van der Waals surface area contributed by atoms with Crippen LogP contribution in [0.3, 0.4) is 0 Å². The van der Waals surface area contributed by atoms with Gasteiger partial charge in [-0.2, -0.15) is 13.9 Å². The first kappa shape index (κ1) is 20.6. The van der Waals surface area contributed by atoms with Gasteiger partial charge in [0.05, 0.1) is 24.0 Å². The van der Waals surface area contributed by atoms with Crippen LogP contribution in [-0.4, -0.2) is 27.3 Å². The highest BCUT2D eigenvalue weighted by Gasteiger charge is 2.14. The van der Waals surface area contributed by atoms with Gasteiger partial charge in [-0.1, -0.05) is 24.3 Å². The number of benzene rings is 2. The number of hydrogen-bond acceptors (Lipinski definition) is 6. The predicted octanol–water partition coefficient (Wildman–Crippen LogP) is 4.15. The molecular formula is C21H16F2N4O3S. The number of carbonyl (C=O) groups excluding carboxylic acids is 1. The number of thiazole rings is 1. The number of ether oxygens (including phenoxy) is 1. The van der Waals surface area contributed by atoms with Crippen molar-refractivity contribution in [1.82, 2.24) is 14.8 Å². The molecule has 31 heavy (non-hydrogen) atoms. The number of nitrogens with one attached hydrogen (secondary N) is 1. The average Bonchev–Trinajstić information content (AvgIpc) is 3.21. The Hall–Kier alpha value is -3.66. The molecular weight excluding hydrogens is 426 g/mol. The van der Waals surface area contributed by atoms with Gasteiger partial charge in [-0.25, -0.2) is 4.98 Å². The Kier molecular flexibility index (Phi) is 5.99. The first-order valence-corrected chi connectivity index (χ1v) is 10.1. The summed E-state index contributed by atoms with van der Waals surface area (Å²) in [5, 5.41) is 9.32.